The molecule has 0 aliphatic carbocycles. The fourth-order valence-corrected chi connectivity index (χ4v) is 3.17. The van der Waals surface area contributed by atoms with E-state index < -0.39 is 41.6 Å². The molecule has 2 aromatic rings. The van der Waals surface area contributed by atoms with Gasteiger partial charge in [-0.15, -0.1) is 0 Å². The van der Waals surface area contributed by atoms with Crippen LogP contribution in [0.5, 0.6) is 0 Å². The third-order valence-corrected chi connectivity index (χ3v) is 5.01. The third kappa shape index (κ3) is 8.36. The molecule has 0 bridgehead atoms. The molecule has 174 valence electrons. The van der Waals surface area contributed by atoms with Gasteiger partial charge in [0.05, 0.1) is 17.7 Å². The monoisotopic (exact) mass is 450 g/mol. The molecule has 2 rings (SSSR count). The van der Waals surface area contributed by atoms with Gasteiger partial charge in [0, 0.05) is 11.6 Å². The first-order valence-electron chi connectivity index (χ1n) is 11.0. The molecule has 32 heavy (non-hydrogen) atoms. The Labute approximate surface area is 186 Å². The Bertz CT molecular complexity index is 882. The normalized spacial score (nSPS) is 10.8. The molecule has 0 spiro atoms. The maximum Gasteiger partial charge on any atom is 0.338 e. The summed E-state index contributed by atoms with van der Waals surface area (Å²) >= 11 is 0. The Balaban J connectivity index is 1.73. The van der Waals surface area contributed by atoms with Crippen molar-refractivity contribution in [3.63, 3.8) is 0 Å². The van der Waals surface area contributed by atoms with Crippen molar-refractivity contribution < 1.29 is 32.2 Å². The minimum atomic E-state index is -1.36. The van der Waals surface area contributed by atoms with Crippen molar-refractivity contribution in [2.45, 2.75) is 64.9 Å². The van der Waals surface area contributed by atoms with E-state index in [0.29, 0.717) is 18.2 Å². The molecule has 0 aromatic heterocycles. The van der Waals surface area contributed by atoms with Gasteiger partial charge < -0.3 is 9.47 Å². The number of unbranched alkanes of at least 4 members (excludes halogenated alkanes) is 7. The molecular formula is C25H29F3O4. The lowest BCUT2D eigenvalue weighted by Crippen LogP contribution is -2.09. The van der Waals surface area contributed by atoms with E-state index in [0.717, 1.165) is 25.3 Å². The highest BCUT2D eigenvalue weighted by atomic mass is 19.2. The largest absolute Gasteiger partial charge is 0.462 e. The number of hydrogen-bond acceptors (Lipinski definition) is 4. The highest BCUT2D eigenvalue weighted by molar-refractivity contribution is 5.93. The second kappa shape index (κ2) is 13.6. The zero-order valence-electron chi connectivity index (χ0n) is 18.3. The van der Waals surface area contributed by atoms with Crippen molar-refractivity contribution >= 4 is 11.9 Å². The van der Waals surface area contributed by atoms with Crippen LogP contribution in [0.4, 0.5) is 13.2 Å². The summed E-state index contributed by atoms with van der Waals surface area (Å²) in [4.78, 5) is 24.2. The summed E-state index contributed by atoms with van der Waals surface area (Å²) in [6.45, 7) is 1.91. The zero-order valence-corrected chi connectivity index (χ0v) is 18.3. The summed E-state index contributed by atoms with van der Waals surface area (Å²) in [7, 11) is 0. The number of hydrogen-bond donors (Lipinski definition) is 0. The van der Waals surface area contributed by atoms with Crippen molar-refractivity contribution in [1.29, 1.82) is 0 Å². The highest BCUT2D eigenvalue weighted by Gasteiger charge is 2.15. The van der Waals surface area contributed by atoms with Crippen LogP contribution in [0, 0.1) is 17.5 Å². The van der Waals surface area contributed by atoms with Crippen LogP contribution in [-0.4, -0.2) is 18.5 Å². The Hall–Kier alpha value is -2.83. The maximum absolute atomic E-state index is 13.6. The SMILES string of the molecule is CCCCCCCCCCOC(=O)c1ccc(C(=O)OCc2cc(F)cc(F)c2F)cc1. The van der Waals surface area contributed by atoms with Gasteiger partial charge in [0.15, 0.2) is 11.6 Å². The van der Waals surface area contributed by atoms with Gasteiger partial charge in [-0.2, -0.15) is 0 Å². The summed E-state index contributed by atoms with van der Waals surface area (Å²) in [6, 6.07) is 6.77. The van der Waals surface area contributed by atoms with E-state index in [-0.39, 0.29) is 5.56 Å². The highest BCUT2D eigenvalue weighted by Crippen LogP contribution is 2.16. The first-order valence-corrected chi connectivity index (χ1v) is 11.0. The summed E-state index contributed by atoms with van der Waals surface area (Å²) in [5.74, 6) is -4.89. The number of rotatable bonds is 13. The smallest absolute Gasteiger partial charge is 0.338 e. The Morgan fingerprint density at radius 3 is 1.88 bits per heavy atom. The molecule has 0 unspecified atom stereocenters. The average molecular weight is 450 g/mol. The molecule has 0 saturated carbocycles. The van der Waals surface area contributed by atoms with Crippen LogP contribution in [0.1, 0.15) is 84.6 Å². The van der Waals surface area contributed by atoms with Crippen LogP contribution < -0.4 is 0 Å². The van der Waals surface area contributed by atoms with E-state index in [2.05, 4.69) is 6.92 Å². The molecule has 7 heteroatoms. The minimum absolute atomic E-state index is 0.113. The van der Waals surface area contributed by atoms with Gasteiger partial charge in [-0.25, -0.2) is 22.8 Å². The van der Waals surface area contributed by atoms with Gasteiger partial charge in [-0.3, -0.25) is 0 Å². The van der Waals surface area contributed by atoms with Gasteiger partial charge in [0.1, 0.15) is 12.4 Å². The lowest BCUT2D eigenvalue weighted by Gasteiger charge is -2.08. The molecule has 0 aliphatic rings. The van der Waals surface area contributed by atoms with E-state index in [1.807, 2.05) is 0 Å². The molecule has 0 aliphatic heterocycles. The van der Waals surface area contributed by atoms with E-state index in [1.165, 1.54) is 56.4 Å². The molecule has 0 radical (unpaired) electrons. The molecule has 0 atom stereocenters. The molecule has 0 fully saturated rings. The minimum Gasteiger partial charge on any atom is -0.462 e. The Morgan fingerprint density at radius 2 is 1.28 bits per heavy atom. The molecular weight excluding hydrogens is 421 g/mol. The van der Waals surface area contributed by atoms with Crippen LogP contribution in [0.15, 0.2) is 36.4 Å². The van der Waals surface area contributed by atoms with E-state index in [9.17, 15) is 22.8 Å². The van der Waals surface area contributed by atoms with Crippen LogP contribution in [0.25, 0.3) is 0 Å². The average Bonchev–Trinajstić information content (AvgIpc) is 2.79. The topological polar surface area (TPSA) is 52.6 Å². The number of ether oxygens (including phenoxy) is 2. The fourth-order valence-electron chi connectivity index (χ4n) is 3.17. The van der Waals surface area contributed by atoms with Crippen LogP contribution in [-0.2, 0) is 16.1 Å². The maximum atomic E-state index is 13.6. The third-order valence-electron chi connectivity index (χ3n) is 5.01. The van der Waals surface area contributed by atoms with Gasteiger partial charge in [-0.05, 0) is 36.8 Å². The second-order valence-corrected chi connectivity index (χ2v) is 7.62. The Kier molecular flexibility index (Phi) is 10.8. The quantitative estimate of drug-likeness (QED) is 0.192. The predicted octanol–water partition coefficient (Wildman–Crippen LogP) is 6.76. The number of esters is 2. The van der Waals surface area contributed by atoms with Crippen molar-refractivity contribution in [2.24, 2.45) is 0 Å². The first-order chi connectivity index (χ1) is 15.4. The standard InChI is InChI=1S/C25H29F3O4/c1-2-3-4-5-6-7-8-9-14-31-24(29)18-10-12-19(13-11-18)25(30)32-17-20-15-21(26)16-22(27)23(20)28/h10-13,15-16H,2-9,14,17H2,1H3. The van der Waals surface area contributed by atoms with Gasteiger partial charge in [0.25, 0.3) is 0 Å². The predicted molar refractivity (Wildman–Crippen MR) is 115 cm³/mol. The second-order valence-electron chi connectivity index (χ2n) is 7.62. The van der Waals surface area contributed by atoms with E-state index >= 15 is 0 Å². The zero-order chi connectivity index (χ0) is 23.3. The van der Waals surface area contributed by atoms with Gasteiger partial charge in [-0.1, -0.05) is 51.9 Å². The van der Waals surface area contributed by atoms with Crippen molar-refractivity contribution in [1.82, 2.24) is 0 Å². The lowest BCUT2D eigenvalue weighted by molar-refractivity contribution is 0.0462. The van der Waals surface area contributed by atoms with Gasteiger partial charge >= 0.3 is 11.9 Å². The van der Waals surface area contributed by atoms with Crippen LogP contribution in [0.2, 0.25) is 0 Å². The van der Waals surface area contributed by atoms with Crippen molar-refractivity contribution in [2.75, 3.05) is 6.61 Å². The summed E-state index contributed by atoms with van der Waals surface area (Å²) in [5.41, 5.74) is -0.00160. The number of carbonyl (C=O) groups excluding carboxylic acids is 2. The fraction of sp³-hybridized carbons (Fsp3) is 0.440. The van der Waals surface area contributed by atoms with Gasteiger partial charge in [0.2, 0.25) is 0 Å². The first kappa shape index (κ1) is 25.4. The lowest BCUT2D eigenvalue weighted by atomic mass is 10.1. The van der Waals surface area contributed by atoms with Crippen molar-refractivity contribution in [3.8, 4) is 0 Å². The summed E-state index contributed by atoms with van der Waals surface area (Å²) in [6.07, 6.45) is 9.18. The van der Waals surface area contributed by atoms with Crippen molar-refractivity contribution in [3.05, 3.63) is 70.5 Å². The molecule has 0 amide bonds. The van der Waals surface area contributed by atoms with Crippen LogP contribution in [0.3, 0.4) is 0 Å². The number of carbonyl (C=O) groups is 2. The number of halogens is 3. The molecule has 4 nitrogen and oxygen atoms in total. The van der Waals surface area contributed by atoms with E-state index in [1.54, 1.807) is 0 Å². The van der Waals surface area contributed by atoms with E-state index in [4.69, 9.17) is 9.47 Å². The molecule has 2 aromatic carbocycles. The molecule has 0 saturated heterocycles. The summed E-state index contributed by atoms with van der Waals surface area (Å²) < 4.78 is 50.2. The summed E-state index contributed by atoms with van der Waals surface area (Å²) in [5, 5.41) is 0. The van der Waals surface area contributed by atoms with Crippen LogP contribution >= 0.6 is 0 Å². The molecule has 0 heterocycles. The number of benzene rings is 2. The Morgan fingerprint density at radius 1 is 0.750 bits per heavy atom. The molecule has 0 N–H and O–H groups in total.